The molecule has 4 nitrogen and oxygen atoms in total. The fraction of sp³-hybridized carbons (Fsp3) is 0.0417. The number of nitrogens with one attached hydrogen (secondary N) is 1. The van der Waals surface area contributed by atoms with Crippen molar-refractivity contribution in [2.45, 2.75) is 6.92 Å². The average Bonchev–Trinajstić information content (AvgIpc) is 2.74. The van der Waals surface area contributed by atoms with Crippen LogP contribution in [0.3, 0.4) is 0 Å². The van der Waals surface area contributed by atoms with Gasteiger partial charge >= 0.3 is 0 Å². The molecule has 0 aliphatic heterocycles. The maximum Gasteiger partial charge on any atom is 0.255 e. The van der Waals surface area contributed by atoms with Gasteiger partial charge in [0.15, 0.2) is 0 Å². The Morgan fingerprint density at radius 2 is 1.89 bits per heavy atom. The summed E-state index contributed by atoms with van der Waals surface area (Å²) in [6.07, 6.45) is 3.63. The molecular formula is C24H17N3O. The van der Waals surface area contributed by atoms with Gasteiger partial charge in [-0.25, -0.2) is 0 Å². The van der Waals surface area contributed by atoms with E-state index >= 15 is 0 Å². The molecule has 0 bridgehead atoms. The van der Waals surface area contributed by atoms with E-state index in [1.54, 1.807) is 30.5 Å². The number of anilines is 1. The van der Waals surface area contributed by atoms with Gasteiger partial charge in [-0.3, -0.25) is 9.78 Å². The van der Waals surface area contributed by atoms with Gasteiger partial charge in [0.2, 0.25) is 0 Å². The summed E-state index contributed by atoms with van der Waals surface area (Å²) in [5, 5.41) is 14.1. The third-order valence-electron chi connectivity index (χ3n) is 4.70. The summed E-state index contributed by atoms with van der Waals surface area (Å²) in [6.45, 7) is 2.05. The highest BCUT2D eigenvalue weighted by Gasteiger charge is 2.10. The number of amides is 1. The maximum atomic E-state index is 12.6. The highest BCUT2D eigenvalue weighted by atomic mass is 16.1. The smallest absolute Gasteiger partial charge is 0.255 e. The SMILES string of the molecule is Cc1ccc(NC(=O)c2cccc(C#N)c2)cc1-c1ccc2ccncc2c1. The Kier molecular flexibility index (Phi) is 4.57. The first-order valence-electron chi connectivity index (χ1n) is 8.90. The minimum Gasteiger partial charge on any atom is -0.322 e. The molecular weight excluding hydrogens is 346 g/mol. The van der Waals surface area contributed by atoms with E-state index in [4.69, 9.17) is 5.26 Å². The van der Waals surface area contributed by atoms with Gasteiger partial charge in [0, 0.05) is 29.0 Å². The molecule has 0 spiro atoms. The van der Waals surface area contributed by atoms with Crippen molar-refractivity contribution in [1.82, 2.24) is 4.98 Å². The van der Waals surface area contributed by atoms with Crippen LogP contribution < -0.4 is 5.32 Å². The van der Waals surface area contributed by atoms with E-state index in [-0.39, 0.29) is 5.91 Å². The van der Waals surface area contributed by atoms with Crippen LogP contribution in [0.2, 0.25) is 0 Å². The van der Waals surface area contributed by atoms with Crippen LogP contribution in [0.4, 0.5) is 5.69 Å². The molecule has 0 saturated carbocycles. The molecule has 1 amide bonds. The number of pyridine rings is 1. The zero-order valence-corrected chi connectivity index (χ0v) is 15.3. The molecule has 134 valence electrons. The van der Waals surface area contributed by atoms with Crippen molar-refractivity contribution in [2.75, 3.05) is 5.32 Å². The van der Waals surface area contributed by atoms with Crippen LogP contribution in [0.5, 0.6) is 0 Å². The molecule has 0 unspecified atom stereocenters. The number of rotatable bonds is 3. The number of benzene rings is 3. The number of nitrogens with zero attached hydrogens (tertiary/aromatic N) is 2. The normalized spacial score (nSPS) is 10.4. The molecule has 0 radical (unpaired) electrons. The predicted molar refractivity (Wildman–Crippen MR) is 111 cm³/mol. The largest absolute Gasteiger partial charge is 0.322 e. The fourth-order valence-corrected chi connectivity index (χ4v) is 3.20. The van der Waals surface area contributed by atoms with Crippen LogP contribution in [-0.2, 0) is 0 Å². The van der Waals surface area contributed by atoms with Gasteiger partial charge in [-0.15, -0.1) is 0 Å². The van der Waals surface area contributed by atoms with E-state index in [1.165, 1.54) is 0 Å². The van der Waals surface area contributed by atoms with Gasteiger partial charge in [0.1, 0.15) is 0 Å². The summed E-state index contributed by atoms with van der Waals surface area (Å²) < 4.78 is 0. The molecule has 1 N–H and O–H groups in total. The number of carbonyl (C=O) groups excluding carboxylic acids is 1. The number of aryl methyl sites for hydroxylation is 1. The Bertz CT molecular complexity index is 1240. The first-order chi connectivity index (χ1) is 13.6. The number of carbonyl (C=O) groups is 1. The van der Waals surface area contributed by atoms with E-state index < -0.39 is 0 Å². The standard InChI is InChI=1S/C24H17N3O/c1-16-5-8-22(27-24(28)20-4-2-3-17(11-20)14-25)13-23(16)19-7-6-18-9-10-26-15-21(18)12-19/h2-13,15H,1H3,(H,27,28). The van der Waals surface area contributed by atoms with Crippen LogP contribution in [0, 0.1) is 18.3 Å². The molecule has 1 heterocycles. The van der Waals surface area contributed by atoms with E-state index in [0.717, 1.165) is 27.5 Å². The Morgan fingerprint density at radius 1 is 1.00 bits per heavy atom. The zero-order valence-electron chi connectivity index (χ0n) is 15.3. The molecule has 4 heteroatoms. The highest BCUT2D eigenvalue weighted by Crippen LogP contribution is 2.29. The summed E-state index contributed by atoms with van der Waals surface area (Å²) in [5.74, 6) is -0.241. The molecule has 28 heavy (non-hydrogen) atoms. The van der Waals surface area contributed by atoms with Gasteiger partial charge < -0.3 is 5.32 Å². The van der Waals surface area contributed by atoms with Crippen LogP contribution in [-0.4, -0.2) is 10.9 Å². The summed E-state index contributed by atoms with van der Waals surface area (Å²) in [5.41, 5.74) is 4.86. The van der Waals surface area contributed by atoms with E-state index in [9.17, 15) is 4.79 Å². The molecule has 0 atom stereocenters. The molecule has 0 aliphatic carbocycles. The molecule has 0 saturated heterocycles. The van der Waals surface area contributed by atoms with Crippen molar-refractivity contribution in [3.05, 3.63) is 95.8 Å². The second-order valence-corrected chi connectivity index (χ2v) is 6.61. The Labute approximate surface area is 163 Å². The Morgan fingerprint density at radius 3 is 2.75 bits per heavy atom. The lowest BCUT2D eigenvalue weighted by molar-refractivity contribution is 0.102. The Hall–Kier alpha value is -3.97. The molecule has 4 aromatic rings. The summed E-state index contributed by atoms with van der Waals surface area (Å²) in [4.78, 5) is 16.8. The minimum absolute atomic E-state index is 0.241. The van der Waals surface area contributed by atoms with Gasteiger partial charge in [0.05, 0.1) is 11.6 Å². The first-order valence-corrected chi connectivity index (χ1v) is 8.90. The maximum absolute atomic E-state index is 12.6. The molecule has 0 fully saturated rings. The van der Waals surface area contributed by atoms with Crippen molar-refractivity contribution in [1.29, 1.82) is 5.26 Å². The summed E-state index contributed by atoms with van der Waals surface area (Å²) in [6, 6.07) is 22.8. The van der Waals surface area contributed by atoms with Gasteiger partial charge in [-0.2, -0.15) is 5.26 Å². The predicted octanol–water partition coefficient (Wildman–Crippen LogP) is 5.33. The summed E-state index contributed by atoms with van der Waals surface area (Å²) >= 11 is 0. The highest BCUT2D eigenvalue weighted by molar-refractivity contribution is 6.04. The van der Waals surface area contributed by atoms with Gasteiger partial charge in [0.25, 0.3) is 5.91 Å². The topological polar surface area (TPSA) is 65.8 Å². The van der Waals surface area contributed by atoms with E-state index in [0.29, 0.717) is 16.8 Å². The number of hydrogen-bond acceptors (Lipinski definition) is 3. The van der Waals surface area contributed by atoms with Crippen molar-refractivity contribution in [3.8, 4) is 17.2 Å². The molecule has 1 aromatic heterocycles. The van der Waals surface area contributed by atoms with Gasteiger partial charge in [-0.05, 0) is 71.5 Å². The lowest BCUT2D eigenvalue weighted by Crippen LogP contribution is -2.12. The monoisotopic (exact) mass is 363 g/mol. The average molecular weight is 363 g/mol. The zero-order chi connectivity index (χ0) is 19.5. The molecule has 3 aromatic carbocycles. The van der Waals surface area contributed by atoms with Crippen molar-refractivity contribution < 1.29 is 4.79 Å². The third kappa shape index (κ3) is 3.46. The van der Waals surface area contributed by atoms with Crippen LogP contribution in [0.25, 0.3) is 21.9 Å². The van der Waals surface area contributed by atoms with Crippen molar-refractivity contribution in [2.24, 2.45) is 0 Å². The number of hydrogen-bond donors (Lipinski definition) is 1. The van der Waals surface area contributed by atoms with Crippen molar-refractivity contribution >= 4 is 22.4 Å². The van der Waals surface area contributed by atoms with Gasteiger partial charge in [-0.1, -0.05) is 24.3 Å². The van der Waals surface area contributed by atoms with Crippen LogP contribution >= 0.6 is 0 Å². The number of nitriles is 1. The van der Waals surface area contributed by atoms with Crippen LogP contribution in [0.15, 0.2) is 79.1 Å². The summed E-state index contributed by atoms with van der Waals surface area (Å²) in [7, 11) is 0. The molecule has 0 aliphatic rings. The lowest BCUT2D eigenvalue weighted by atomic mass is 9.98. The first kappa shape index (κ1) is 17.4. The number of aromatic nitrogens is 1. The van der Waals surface area contributed by atoms with Crippen molar-refractivity contribution in [3.63, 3.8) is 0 Å². The number of fused-ring (bicyclic) bond motifs is 1. The third-order valence-corrected chi connectivity index (χ3v) is 4.70. The van der Waals surface area contributed by atoms with E-state index in [2.05, 4.69) is 34.6 Å². The minimum atomic E-state index is -0.241. The van der Waals surface area contributed by atoms with E-state index in [1.807, 2.05) is 37.4 Å². The lowest BCUT2D eigenvalue weighted by Gasteiger charge is -2.11. The quantitative estimate of drug-likeness (QED) is 0.535. The van der Waals surface area contributed by atoms with Crippen LogP contribution in [0.1, 0.15) is 21.5 Å². The Balaban J connectivity index is 1.66. The second kappa shape index (κ2) is 7.34. The second-order valence-electron chi connectivity index (χ2n) is 6.61. The fourth-order valence-electron chi connectivity index (χ4n) is 3.20. The molecule has 4 rings (SSSR count).